The molecule has 1 aliphatic heterocycles. The Labute approximate surface area is 152 Å². The minimum absolute atomic E-state index is 0.159. The van der Waals surface area contributed by atoms with Crippen LogP contribution in [0.4, 0.5) is 4.79 Å². The Bertz CT molecular complexity index is 657. The van der Waals surface area contributed by atoms with Crippen LogP contribution in [0.1, 0.15) is 32.8 Å². The molecule has 1 aliphatic rings. The second-order valence-corrected chi connectivity index (χ2v) is 7.20. The number of carbonyl (C=O) groups is 3. The van der Waals surface area contributed by atoms with Gasteiger partial charge in [-0.3, -0.25) is 14.8 Å². The summed E-state index contributed by atoms with van der Waals surface area (Å²) in [6.07, 6.45) is -0.156. The molecule has 8 nitrogen and oxygen atoms in total. The number of benzene rings is 1. The fourth-order valence-electron chi connectivity index (χ4n) is 2.58. The number of ether oxygens (including phenoxy) is 1. The van der Waals surface area contributed by atoms with Crippen molar-refractivity contribution in [2.45, 2.75) is 51.3 Å². The molecule has 0 bridgehead atoms. The van der Waals surface area contributed by atoms with Crippen LogP contribution >= 0.6 is 0 Å². The molecule has 2 rings (SSSR count). The maximum absolute atomic E-state index is 12.6. The average molecular weight is 363 g/mol. The Morgan fingerprint density at radius 3 is 2.50 bits per heavy atom. The normalized spacial score (nSPS) is 18.4. The molecule has 142 valence electrons. The summed E-state index contributed by atoms with van der Waals surface area (Å²) < 4.78 is 5.22. The van der Waals surface area contributed by atoms with Crippen LogP contribution in [-0.2, 0) is 20.7 Å². The van der Waals surface area contributed by atoms with E-state index < -0.39 is 35.6 Å². The zero-order valence-corrected chi connectivity index (χ0v) is 15.2. The molecule has 3 amide bonds. The van der Waals surface area contributed by atoms with Crippen LogP contribution in [-0.4, -0.2) is 52.4 Å². The summed E-state index contributed by atoms with van der Waals surface area (Å²) in [5.74, 6) is -1.07. The van der Waals surface area contributed by atoms with Crippen molar-refractivity contribution < 1.29 is 24.3 Å². The number of nitrogens with one attached hydrogen (secondary N) is 2. The van der Waals surface area contributed by atoms with E-state index in [0.29, 0.717) is 11.5 Å². The minimum Gasteiger partial charge on any atom is -0.444 e. The van der Waals surface area contributed by atoms with Crippen molar-refractivity contribution in [3.8, 4) is 0 Å². The fourth-order valence-corrected chi connectivity index (χ4v) is 2.58. The second-order valence-electron chi connectivity index (χ2n) is 7.20. The van der Waals surface area contributed by atoms with Gasteiger partial charge in [0.2, 0.25) is 5.91 Å². The summed E-state index contributed by atoms with van der Waals surface area (Å²) >= 11 is 0. The third-order valence-electron chi connectivity index (χ3n) is 3.79. The van der Waals surface area contributed by atoms with Crippen molar-refractivity contribution in [2.24, 2.45) is 0 Å². The van der Waals surface area contributed by atoms with Crippen molar-refractivity contribution in [1.82, 2.24) is 15.7 Å². The third-order valence-corrected chi connectivity index (χ3v) is 3.79. The molecule has 1 heterocycles. The lowest BCUT2D eigenvalue weighted by Crippen LogP contribution is -2.53. The van der Waals surface area contributed by atoms with Gasteiger partial charge in [0.05, 0.1) is 6.54 Å². The van der Waals surface area contributed by atoms with Gasteiger partial charge in [-0.1, -0.05) is 30.3 Å². The number of hydroxylamine groups is 2. The highest BCUT2D eigenvalue weighted by molar-refractivity contribution is 5.92. The van der Waals surface area contributed by atoms with Gasteiger partial charge in [0.1, 0.15) is 17.7 Å². The van der Waals surface area contributed by atoms with E-state index in [1.807, 2.05) is 30.3 Å². The Kier molecular flexibility index (Phi) is 6.20. The van der Waals surface area contributed by atoms with Gasteiger partial charge < -0.3 is 15.4 Å². The Balaban J connectivity index is 2.07. The summed E-state index contributed by atoms with van der Waals surface area (Å²) in [4.78, 5) is 36.5. The first kappa shape index (κ1) is 19.7. The molecule has 0 spiro atoms. The van der Waals surface area contributed by atoms with Crippen molar-refractivity contribution in [2.75, 3.05) is 6.54 Å². The van der Waals surface area contributed by atoms with Crippen LogP contribution in [0, 0.1) is 0 Å². The lowest BCUT2D eigenvalue weighted by atomic mass is 10.0. The first-order valence-electron chi connectivity index (χ1n) is 8.50. The smallest absolute Gasteiger partial charge is 0.408 e. The molecule has 0 saturated carbocycles. The number of nitrogens with zero attached hydrogens (tertiary/aromatic N) is 1. The third kappa shape index (κ3) is 5.73. The Morgan fingerprint density at radius 2 is 1.96 bits per heavy atom. The van der Waals surface area contributed by atoms with Gasteiger partial charge in [-0.05, 0) is 32.8 Å². The van der Waals surface area contributed by atoms with Gasteiger partial charge in [0, 0.05) is 6.42 Å². The minimum atomic E-state index is -0.909. The highest BCUT2D eigenvalue weighted by Gasteiger charge is 2.34. The first-order chi connectivity index (χ1) is 12.2. The topological polar surface area (TPSA) is 108 Å². The molecule has 0 unspecified atom stereocenters. The van der Waals surface area contributed by atoms with Gasteiger partial charge in [-0.2, -0.15) is 0 Å². The predicted molar refractivity (Wildman–Crippen MR) is 93.4 cm³/mol. The predicted octanol–water partition coefficient (Wildman–Crippen LogP) is 1.23. The van der Waals surface area contributed by atoms with E-state index in [4.69, 9.17) is 4.74 Å². The van der Waals surface area contributed by atoms with Crippen molar-refractivity contribution in [3.05, 3.63) is 35.9 Å². The molecule has 3 N–H and O–H groups in total. The zero-order valence-electron chi connectivity index (χ0n) is 15.2. The largest absolute Gasteiger partial charge is 0.444 e. The second kappa shape index (κ2) is 8.18. The fraction of sp³-hybridized carbons (Fsp3) is 0.500. The molecule has 1 saturated heterocycles. The van der Waals surface area contributed by atoms with Crippen molar-refractivity contribution in [3.63, 3.8) is 0 Å². The highest BCUT2D eigenvalue weighted by atomic mass is 16.6. The van der Waals surface area contributed by atoms with E-state index in [-0.39, 0.29) is 13.0 Å². The number of hydrogen-bond donors (Lipinski definition) is 3. The van der Waals surface area contributed by atoms with Crippen LogP contribution in [0.25, 0.3) is 0 Å². The van der Waals surface area contributed by atoms with E-state index >= 15 is 0 Å². The quantitative estimate of drug-likeness (QED) is 0.682. The number of alkyl carbamates (subject to hydrolysis) is 1. The first-order valence-corrected chi connectivity index (χ1v) is 8.50. The number of hydrogen-bond acceptors (Lipinski definition) is 5. The summed E-state index contributed by atoms with van der Waals surface area (Å²) in [5, 5.41) is 15.1. The van der Waals surface area contributed by atoms with E-state index in [1.54, 1.807) is 20.8 Å². The number of rotatable bonds is 5. The lowest BCUT2D eigenvalue weighted by molar-refractivity contribution is -0.159. The van der Waals surface area contributed by atoms with E-state index in [0.717, 1.165) is 5.56 Å². The molecular formula is C18H25N3O5. The molecule has 1 aromatic carbocycles. The molecule has 26 heavy (non-hydrogen) atoms. The maximum Gasteiger partial charge on any atom is 0.408 e. The average Bonchev–Trinajstić information content (AvgIpc) is 2.85. The Hall–Kier alpha value is -2.61. The van der Waals surface area contributed by atoms with Crippen molar-refractivity contribution >= 4 is 17.9 Å². The molecule has 1 aromatic rings. The lowest BCUT2D eigenvalue weighted by Gasteiger charge is -2.24. The number of amides is 3. The maximum atomic E-state index is 12.6. The van der Waals surface area contributed by atoms with E-state index in [2.05, 4.69) is 10.6 Å². The van der Waals surface area contributed by atoms with E-state index in [1.165, 1.54) is 0 Å². The van der Waals surface area contributed by atoms with Crippen LogP contribution in [0.3, 0.4) is 0 Å². The Morgan fingerprint density at radius 1 is 1.31 bits per heavy atom. The van der Waals surface area contributed by atoms with Crippen LogP contribution in [0.2, 0.25) is 0 Å². The van der Waals surface area contributed by atoms with Gasteiger partial charge in [0.15, 0.2) is 0 Å². The standard InChI is InChI=1S/C18H25N3O5/c1-18(2,3)26-17(24)20-14(11-12-7-5-4-6-8-12)15(22)19-13-9-10-21(25)16(13)23/h4-8,13-14,25H,9-11H2,1-3H3,(H,19,22)(H,20,24)/t13-,14+/m1/s1. The van der Waals surface area contributed by atoms with E-state index in [9.17, 15) is 19.6 Å². The number of carbonyl (C=O) groups excluding carboxylic acids is 3. The molecule has 1 fully saturated rings. The van der Waals surface area contributed by atoms with Gasteiger partial charge in [0.25, 0.3) is 5.91 Å². The van der Waals surface area contributed by atoms with Gasteiger partial charge in [-0.15, -0.1) is 0 Å². The van der Waals surface area contributed by atoms with Crippen LogP contribution in [0.15, 0.2) is 30.3 Å². The van der Waals surface area contributed by atoms with Crippen LogP contribution in [0.5, 0.6) is 0 Å². The monoisotopic (exact) mass is 363 g/mol. The molecule has 0 radical (unpaired) electrons. The SMILES string of the molecule is CC(C)(C)OC(=O)N[C@@H](Cc1ccccc1)C(=O)N[C@@H]1CCN(O)C1=O. The highest BCUT2D eigenvalue weighted by Crippen LogP contribution is 2.11. The van der Waals surface area contributed by atoms with Gasteiger partial charge >= 0.3 is 6.09 Å². The molecule has 0 aliphatic carbocycles. The van der Waals surface area contributed by atoms with Gasteiger partial charge in [-0.25, -0.2) is 9.86 Å². The zero-order chi connectivity index (χ0) is 19.3. The summed E-state index contributed by atoms with van der Waals surface area (Å²) in [7, 11) is 0. The van der Waals surface area contributed by atoms with Crippen molar-refractivity contribution in [1.29, 1.82) is 0 Å². The van der Waals surface area contributed by atoms with Crippen LogP contribution < -0.4 is 10.6 Å². The summed E-state index contributed by atoms with van der Waals surface area (Å²) in [6.45, 7) is 5.34. The molecular weight excluding hydrogens is 338 g/mol. The molecule has 2 atom stereocenters. The summed E-state index contributed by atoms with van der Waals surface area (Å²) in [5.41, 5.74) is 0.154. The molecule has 8 heteroatoms. The molecule has 0 aromatic heterocycles. The summed E-state index contributed by atoms with van der Waals surface area (Å²) in [6, 6.07) is 7.50.